The summed E-state index contributed by atoms with van der Waals surface area (Å²) in [6, 6.07) is 22.0. The highest BCUT2D eigenvalue weighted by atomic mass is 32.2. The normalized spacial score (nSPS) is 11.7. The molecule has 1 amide bonds. The fourth-order valence-electron chi connectivity index (χ4n) is 3.58. The summed E-state index contributed by atoms with van der Waals surface area (Å²) in [5.74, 6) is -1.06. The van der Waals surface area contributed by atoms with Crippen molar-refractivity contribution in [3.8, 4) is 11.4 Å². The van der Waals surface area contributed by atoms with E-state index in [2.05, 4.69) is 10.3 Å². The van der Waals surface area contributed by atoms with E-state index in [-0.39, 0.29) is 17.7 Å². The maximum Gasteiger partial charge on any atom is 0.326 e. The molecule has 0 aliphatic carbocycles. The molecule has 1 unspecified atom stereocenters. The molecule has 0 fully saturated rings. The van der Waals surface area contributed by atoms with Gasteiger partial charge in [0.2, 0.25) is 5.91 Å². The summed E-state index contributed by atoms with van der Waals surface area (Å²) >= 11 is 1.06. The van der Waals surface area contributed by atoms with E-state index in [0.29, 0.717) is 27.5 Å². The van der Waals surface area contributed by atoms with Gasteiger partial charge in [0, 0.05) is 6.42 Å². The van der Waals surface area contributed by atoms with E-state index in [1.54, 1.807) is 55.6 Å². The van der Waals surface area contributed by atoms with E-state index >= 15 is 0 Å². The number of amides is 1. The average Bonchev–Trinajstić information content (AvgIpc) is 2.88. The minimum Gasteiger partial charge on any atom is -0.497 e. The second kappa shape index (κ2) is 10.9. The number of hydrogen-bond acceptors (Lipinski definition) is 6. The molecule has 178 valence electrons. The molecule has 0 radical (unpaired) electrons. The van der Waals surface area contributed by atoms with Crippen molar-refractivity contribution < 1.29 is 19.4 Å². The summed E-state index contributed by atoms with van der Waals surface area (Å²) < 4.78 is 6.65. The van der Waals surface area contributed by atoms with Crippen molar-refractivity contribution >= 4 is 34.5 Å². The number of hydrogen-bond donors (Lipinski definition) is 2. The van der Waals surface area contributed by atoms with Crippen LogP contribution in [-0.4, -0.2) is 45.4 Å². The van der Waals surface area contributed by atoms with Crippen LogP contribution in [0.3, 0.4) is 0 Å². The number of aliphatic carboxylic acids is 1. The van der Waals surface area contributed by atoms with Gasteiger partial charge >= 0.3 is 5.97 Å². The molecule has 0 saturated carbocycles. The molecule has 0 bridgehead atoms. The predicted octanol–water partition coefficient (Wildman–Crippen LogP) is 3.30. The van der Waals surface area contributed by atoms with Crippen molar-refractivity contribution in [2.45, 2.75) is 17.6 Å². The molecule has 4 aromatic rings. The monoisotopic (exact) mass is 489 g/mol. The highest BCUT2D eigenvalue weighted by molar-refractivity contribution is 7.99. The Morgan fingerprint density at radius 2 is 1.71 bits per heavy atom. The van der Waals surface area contributed by atoms with Crippen molar-refractivity contribution in [3.63, 3.8) is 0 Å². The minimum absolute atomic E-state index is 0.112. The Labute approximate surface area is 205 Å². The average molecular weight is 490 g/mol. The van der Waals surface area contributed by atoms with Crippen LogP contribution in [-0.2, 0) is 16.0 Å². The lowest BCUT2D eigenvalue weighted by Crippen LogP contribution is -2.43. The van der Waals surface area contributed by atoms with Crippen molar-refractivity contribution in [2.24, 2.45) is 0 Å². The van der Waals surface area contributed by atoms with E-state index in [1.165, 1.54) is 4.57 Å². The highest BCUT2D eigenvalue weighted by Gasteiger charge is 2.21. The van der Waals surface area contributed by atoms with Crippen LogP contribution in [0.2, 0.25) is 0 Å². The number of nitrogens with one attached hydrogen (secondary N) is 1. The molecule has 0 spiro atoms. The van der Waals surface area contributed by atoms with Gasteiger partial charge in [-0.05, 0) is 42.0 Å². The third kappa shape index (κ3) is 5.70. The van der Waals surface area contributed by atoms with E-state index in [9.17, 15) is 19.5 Å². The number of carboxylic acid groups (broad SMARTS) is 1. The van der Waals surface area contributed by atoms with Gasteiger partial charge in [-0.25, -0.2) is 9.78 Å². The number of carbonyl (C=O) groups is 2. The zero-order valence-corrected chi connectivity index (χ0v) is 19.7. The Morgan fingerprint density at radius 3 is 2.40 bits per heavy atom. The molecule has 1 heterocycles. The number of fused-ring (bicyclic) bond motifs is 1. The lowest BCUT2D eigenvalue weighted by molar-refractivity contribution is -0.141. The van der Waals surface area contributed by atoms with Crippen molar-refractivity contribution in [1.29, 1.82) is 0 Å². The molecule has 0 aliphatic heterocycles. The SMILES string of the molecule is COc1ccc(-n2c(SCC(=O)NC(Cc3ccccc3)C(=O)O)nc3ccccc3c2=O)cc1. The zero-order chi connectivity index (χ0) is 24.8. The minimum atomic E-state index is -1.12. The first kappa shape index (κ1) is 24.0. The van der Waals surface area contributed by atoms with E-state index in [4.69, 9.17) is 4.74 Å². The number of benzene rings is 3. The number of rotatable bonds is 9. The van der Waals surface area contributed by atoms with Gasteiger partial charge in [-0.3, -0.25) is 14.2 Å². The van der Waals surface area contributed by atoms with E-state index in [1.807, 2.05) is 30.3 Å². The van der Waals surface area contributed by atoms with Crippen LogP contribution in [0.4, 0.5) is 0 Å². The summed E-state index contributed by atoms with van der Waals surface area (Å²) in [5.41, 5.74) is 1.62. The summed E-state index contributed by atoms with van der Waals surface area (Å²) in [4.78, 5) is 42.3. The number of aromatic nitrogens is 2. The largest absolute Gasteiger partial charge is 0.497 e. The van der Waals surface area contributed by atoms with Gasteiger partial charge in [-0.1, -0.05) is 54.2 Å². The first-order chi connectivity index (χ1) is 17.0. The van der Waals surface area contributed by atoms with Crippen LogP contribution in [0.25, 0.3) is 16.6 Å². The topological polar surface area (TPSA) is 111 Å². The standard InChI is InChI=1S/C26H23N3O5S/c1-34-19-13-11-18(12-14-19)29-24(31)20-9-5-6-10-21(20)28-26(29)35-16-23(30)27-22(25(32)33)15-17-7-3-2-4-8-17/h2-14,22H,15-16H2,1H3,(H,27,30)(H,32,33). The number of nitrogens with zero attached hydrogens (tertiary/aromatic N) is 2. The van der Waals surface area contributed by atoms with Gasteiger partial charge in [0.05, 0.1) is 29.5 Å². The molecule has 4 rings (SSSR count). The molecule has 0 saturated heterocycles. The van der Waals surface area contributed by atoms with E-state index < -0.39 is 17.9 Å². The lowest BCUT2D eigenvalue weighted by Gasteiger charge is -2.16. The molecule has 9 heteroatoms. The van der Waals surface area contributed by atoms with Gasteiger partial charge in [-0.2, -0.15) is 0 Å². The summed E-state index contributed by atoms with van der Waals surface area (Å²) in [7, 11) is 1.56. The quantitative estimate of drug-likeness (QED) is 0.274. The maximum atomic E-state index is 13.3. The maximum absolute atomic E-state index is 13.3. The number of methoxy groups -OCH3 is 1. The molecule has 3 aromatic carbocycles. The van der Waals surface area contributed by atoms with Gasteiger partial charge in [0.15, 0.2) is 5.16 Å². The molecular weight excluding hydrogens is 466 g/mol. The number of carbonyl (C=O) groups excluding carboxylic acids is 1. The van der Waals surface area contributed by atoms with E-state index in [0.717, 1.165) is 17.3 Å². The third-order valence-corrected chi connectivity index (χ3v) is 6.26. The van der Waals surface area contributed by atoms with Crippen molar-refractivity contribution in [1.82, 2.24) is 14.9 Å². The Morgan fingerprint density at radius 1 is 1.03 bits per heavy atom. The fourth-order valence-corrected chi connectivity index (χ4v) is 4.41. The molecule has 8 nitrogen and oxygen atoms in total. The molecular formula is C26H23N3O5S. The molecule has 35 heavy (non-hydrogen) atoms. The lowest BCUT2D eigenvalue weighted by atomic mass is 10.1. The first-order valence-electron chi connectivity index (χ1n) is 10.8. The summed E-state index contributed by atoms with van der Waals surface area (Å²) in [5, 5.41) is 12.9. The Hall–Kier alpha value is -4.11. The van der Waals surface area contributed by atoms with Crippen molar-refractivity contribution in [2.75, 3.05) is 12.9 Å². The van der Waals surface area contributed by atoms with Crippen LogP contribution in [0.1, 0.15) is 5.56 Å². The number of thioether (sulfide) groups is 1. The van der Waals surface area contributed by atoms with Crippen LogP contribution < -0.4 is 15.6 Å². The van der Waals surface area contributed by atoms with Gasteiger partial charge in [0.25, 0.3) is 5.56 Å². The Kier molecular flexibility index (Phi) is 7.47. The van der Waals surface area contributed by atoms with Gasteiger partial charge in [0.1, 0.15) is 11.8 Å². The van der Waals surface area contributed by atoms with Crippen LogP contribution >= 0.6 is 11.8 Å². The van der Waals surface area contributed by atoms with Crippen LogP contribution in [0.5, 0.6) is 5.75 Å². The Bertz CT molecular complexity index is 1400. The summed E-state index contributed by atoms with van der Waals surface area (Å²) in [6.07, 6.45) is 0.164. The third-order valence-electron chi connectivity index (χ3n) is 5.32. The number of para-hydroxylation sites is 1. The van der Waals surface area contributed by atoms with Gasteiger partial charge in [-0.15, -0.1) is 0 Å². The smallest absolute Gasteiger partial charge is 0.326 e. The van der Waals surface area contributed by atoms with Crippen LogP contribution in [0.15, 0.2) is 88.8 Å². The summed E-state index contributed by atoms with van der Waals surface area (Å²) in [6.45, 7) is 0. The number of carboxylic acids is 1. The second-order valence-corrected chi connectivity index (χ2v) is 8.63. The molecule has 1 atom stereocenters. The molecule has 1 aromatic heterocycles. The fraction of sp³-hybridized carbons (Fsp3) is 0.154. The predicted molar refractivity (Wildman–Crippen MR) is 134 cm³/mol. The molecule has 2 N–H and O–H groups in total. The Balaban J connectivity index is 1.58. The first-order valence-corrected chi connectivity index (χ1v) is 11.8. The molecule has 0 aliphatic rings. The highest BCUT2D eigenvalue weighted by Crippen LogP contribution is 2.23. The second-order valence-electron chi connectivity index (χ2n) is 7.69. The zero-order valence-electron chi connectivity index (χ0n) is 18.9. The van der Waals surface area contributed by atoms with Gasteiger partial charge < -0.3 is 15.2 Å². The number of ether oxygens (including phenoxy) is 1. The van der Waals surface area contributed by atoms with Crippen molar-refractivity contribution in [3.05, 3.63) is 94.8 Å². The van der Waals surface area contributed by atoms with Crippen LogP contribution in [0, 0.1) is 0 Å².